The number of rotatable bonds is 7. The van der Waals surface area contributed by atoms with Crippen molar-refractivity contribution in [2.24, 2.45) is 0 Å². The van der Waals surface area contributed by atoms with Crippen molar-refractivity contribution in [2.75, 3.05) is 45.3 Å². The topological polar surface area (TPSA) is 78.4 Å². The first kappa shape index (κ1) is 16.9. The minimum Gasteiger partial charge on any atom is -0.348 e. The Morgan fingerprint density at radius 3 is 2.60 bits per heavy atom. The van der Waals surface area contributed by atoms with Crippen LogP contribution in [0.5, 0.6) is 0 Å². The summed E-state index contributed by atoms with van der Waals surface area (Å²) in [6, 6.07) is 0. The van der Waals surface area contributed by atoms with Crippen LogP contribution in [0.25, 0.3) is 0 Å². The van der Waals surface area contributed by atoms with Gasteiger partial charge in [-0.15, -0.1) is 10.2 Å². The number of anilines is 1. The zero-order valence-electron chi connectivity index (χ0n) is 12.0. The molecule has 0 aromatic carbocycles. The fourth-order valence-corrected chi connectivity index (χ4v) is 2.83. The van der Waals surface area contributed by atoms with Crippen LogP contribution in [0.15, 0.2) is 4.34 Å². The molecule has 0 aliphatic rings. The van der Waals surface area contributed by atoms with Gasteiger partial charge in [0, 0.05) is 14.1 Å². The van der Waals surface area contributed by atoms with Crippen molar-refractivity contribution in [2.45, 2.75) is 11.3 Å². The summed E-state index contributed by atoms with van der Waals surface area (Å²) in [5, 5.41) is 11.0. The molecule has 0 fully saturated rings. The van der Waals surface area contributed by atoms with Crippen molar-refractivity contribution in [1.82, 2.24) is 20.0 Å². The van der Waals surface area contributed by atoms with Gasteiger partial charge in [0.25, 0.3) is 0 Å². The van der Waals surface area contributed by atoms with Gasteiger partial charge in [0.1, 0.15) is 0 Å². The van der Waals surface area contributed by atoms with Gasteiger partial charge in [-0.2, -0.15) is 0 Å². The normalized spacial score (nSPS) is 10.7. The van der Waals surface area contributed by atoms with Gasteiger partial charge in [-0.1, -0.05) is 30.0 Å². The maximum absolute atomic E-state index is 11.7. The molecule has 0 bridgehead atoms. The minimum absolute atomic E-state index is 0.0142. The van der Waals surface area contributed by atoms with Crippen LogP contribution in [0.2, 0.25) is 0 Å². The maximum Gasteiger partial charge on any atom is 0.240 e. The third-order valence-electron chi connectivity index (χ3n) is 2.42. The Bertz CT molecular complexity index is 463. The molecule has 1 aromatic heterocycles. The SMILES string of the molecule is CCN(C)CC(=O)Nc1nnc(SCC(=O)N(C)C)s1. The summed E-state index contributed by atoms with van der Waals surface area (Å²) in [7, 11) is 5.28. The molecule has 1 aromatic rings. The van der Waals surface area contributed by atoms with Gasteiger partial charge in [-0.3, -0.25) is 19.8 Å². The zero-order valence-corrected chi connectivity index (χ0v) is 13.7. The molecule has 0 atom stereocenters. The second kappa shape index (κ2) is 8.18. The molecule has 112 valence electrons. The van der Waals surface area contributed by atoms with Crippen molar-refractivity contribution >= 4 is 40.0 Å². The smallest absolute Gasteiger partial charge is 0.240 e. The predicted octanol–water partition coefficient (Wildman–Crippen LogP) is 0.609. The lowest BCUT2D eigenvalue weighted by atomic mass is 10.5. The second-order valence-corrected chi connectivity index (χ2v) is 6.53. The highest BCUT2D eigenvalue weighted by molar-refractivity contribution is 8.01. The number of nitrogens with zero attached hydrogens (tertiary/aromatic N) is 4. The van der Waals surface area contributed by atoms with Crippen molar-refractivity contribution in [1.29, 1.82) is 0 Å². The Balaban J connectivity index is 2.43. The van der Waals surface area contributed by atoms with Crippen LogP contribution in [0.4, 0.5) is 5.13 Å². The summed E-state index contributed by atoms with van der Waals surface area (Å²) in [5.74, 6) is 0.209. The third-order valence-corrected chi connectivity index (χ3v) is 4.38. The molecule has 0 saturated carbocycles. The van der Waals surface area contributed by atoms with E-state index in [4.69, 9.17) is 0 Å². The van der Waals surface area contributed by atoms with E-state index in [2.05, 4.69) is 15.5 Å². The molecule has 0 unspecified atom stereocenters. The van der Waals surface area contributed by atoms with Gasteiger partial charge >= 0.3 is 0 Å². The van der Waals surface area contributed by atoms with Crippen LogP contribution in [0, 0.1) is 0 Å². The van der Waals surface area contributed by atoms with E-state index < -0.39 is 0 Å². The summed E-state index contributed by atoms with van der Waals surface area (Å²) in [6.07, 6.45) is 0. The van der Waals surface area contributed by atoms with Gasteiger partial charge in [-0.25, -0.2) is 0 Å². The Kier molecular flexibility index (Phi) is 6.89. The molecule has 2 amide bonds. The maximum atomic E-state index is 11.7. The number of hydrogen-bond donors (Lipinski definition) is 1. The van der Waals surface area contributed by atoms with Gasteiger partial charge in [-0.05, 0) is 13.6 Å². The largest absolute Gasteiger partial charge is 0.348 e. The molecule has 20 heavy (non-hydrogen) atoms. The van der Waals surface area contributed by atoms with E-state index in [-0.39, 0.29) is 11.8 Å². The van der Waals surface area contributed by atoms with Crippen molar-refractivity contribution in [3.8, 4) is 0 Å². The molecule has 0 aliphatic heterocycles. The molecule has 7 nitrogen and oxygen atoms in total. The van der Waals surface area contributed by atoms with E-state index in [1.54, 1.807) is 14.1 Å². The van der Waals surface area contributed by atoms with Crippen molar-refractivity contribution in [3.05, 3.63) is 0 Å². The Morgan fingerprint density at radius 2 is 2.00 bits per heavy atom. The highest BCUT2D eigenvalue weighted by Gasteiger charge is 2.12. The number of carbonyl (C=O) groups is 2. The minimum atomic E-state index is -0.119. The number of aromatic nitrogens is 2. The molecule has 0 radical (unpaired) electrons. The Hall–Kier alpha value is -1.19. The van der Waals surface area contributed by atoms with E-state index in [0.717, 1.165) is 6.54 Å². The fourth-order valence-electron chi connectivity index (χ4n) is 1.09. The van der Waals surface area contributed by atoms with Gasteiger partial charge in [0.2, 0.25) is 16.9 Å². The molecule has 1 rings (SSSR count). The lowest BCUT2D eigenvalue weighted by molar-refractivity contribution is -0.125. The molecular formula is C11H19N5O2S2. The Labute approximate surface area is 126 Å². The molecule has 9 heteroatoms. The van der Waals surface area contributed by atoms with E-state index >= 15 is 0 Å². The number of nitrogens with one attached hydrogen (secondary N) is 1. The molecule has 0 aliphatic carbocycles. The second-order valence-electron chi connectivity index (χ2n) is 4.33. The Morgan fingerprint density at radius 1 is 1.30 bits per heavy atom. The number of carbonyl (C=O) groups excluding carboxylic acids is 2. The number of likely N-dealkylation sites (N-methyl/N-ethyl adjacent to an activating group) is 1. The number of amides is 2. The van der Waals surface area contributed by atoms with Crippen LogP contribution in [0.1, 0.15) is 6.92 Å². The first-order chi connectivity index (χ1) is 9.42. The highest BCUT2D eigenvalue weighted by Crippen LogP contribution is 2.25. The van der Waals surface area contributed by atoms with Crippen LogP contribution in [-0.4, -0.2) is 71.8 Å². The summed E-state index contributed by atoms with van der Waals surface area (Å²) in [5.41, 5.74) is 0. The average Bonchev–Trinajstić information content (AvgIpc) is 2.82. The molecule has 0 spiro atoms. The summed E-state index contributed by atoms with van der Waals surface area (Å²) in [4.78, 5) is 26.5. The van der Waals surface area contributed by atoms with E-state index in [0.29, 0.717) is 21.8 Å². The van der Waals surface area contributed by atoms with Crippen LogP contribution >= 0.6 is 23.1 Å². The number of hydrogen-bond acceptors (Lipinski definition) is 7. The molecular weight excluding hydrogens is 298 g/mol. The van der Waals surface area contributed by atoms with Crippen LogP contribution in [-0.2, 0) is 9.59 Å². The monoisotopic (exact) mass is 317 g/mol. The van der Waals surface area contributed by atoms with E-state index in [1.165, 1.54) is 28.0 Å². The summed E-state index contributed by atoms with van der Waals surface area (Å²) < 4.78 is 0.666. The third kappa shape index (κ3) is 5.85. The highest BCUT2D eigenvalue weighted by atomic mass is 32.2. The first-order valence-electron chi connectivity index (χ1n) is 6.07. The van der Waals surface area contributed by atoms with Crippen molar-refractivity contribution < 1.29 is 9.59 Å². The lowest BCUT2D eigenvalue weighted by Gasteiger charge is -2.11. The molecule has 1 N–H and O–H groups in total. The van der Waals surface area contributed by atoms with Crippen molar-refractivity contribution in [3.63, 3.8) is 0 Å². The van der Waals surface area contributed by atoms with Gasteiger partial charge < -0.3 is 4.90 Å². The summed E-state index contributed by atoms with van der Waals surface area (Å²) >= 11 is 2.58. The molecule has 0 saturated heterocycles. The van der Waals surface area contributed by atoms with Crippen LogP contribution < -0.4 is 5.32 Å². The zero-order chi connectivity index (χ0) is 15.1. The predicted molar refractivity (Wildman–Crippen MR) is 81.1 cm³/mol. The van der Waals surface area contributed by atoms with Crippen LogP contribution in [0.3, 0.4) is 0 Å². The fraction of sp³-hybridized carbons (Fsp3) is 0.636. The van der Waals surface area contributed by atoms with Gasteiger partial charge in [0.15, 0.2) is 4.34 Å². The quantitative estimate of drug-likeness (QED) is 0.586. The lowest BCUT2D eigenvalue weighted by Crippen LogP contribution is -2.29. The van der Waals surface area contributed by atoms with E-state index in [1.807, 2.05) is 18.9 Å². The summed E-state index contributed by atoms with van der Waals surface area (Å²) in [6.45, 7) is 3.10. The number of thioether (sulfide) groups is 1. The standard InChI is InChI=1S/C11H19N5O2S2/c1-5-16(4)6-8(17)12-10-13-14-11(20-10)19-7-9(18)15(2)3/h5-7H2,1-4H3,(H,12,13,17). The van der Waals surface area contributed by atoms with Gasteiger partial charge in [0.05, 0.1) is 12.3 Å². The molecule has 1 heterocycles. The first-order valence-corrected chi connectivity index (χ1v) is 7.87. The van der Waals surface area contributed by atoms with E-state index in [9.17, 15) is 9.59 Å². The average molecular weight is 317 g/mol.